The fourth-order valence-corrected chi connectivity index (χ4v) is 3.59. The highest BCUT2D eigenvalue weighted by molar-refractivity contribution is 6.11. The van der Waals surface area contributed by atoms with Crippen molar-refractivity contribution in [3.05, 3.63) is 96.1 Å². The summed E-state index contributed by atoms with van der Waals surface area (Å²) in [6.45, 7) is 0.401. The first-order valence-corrected chi connectivity index (χ1v) is 9.66. The molecule has 146 valence electrons. The molecule has 0 unspecified atom stereocenters. The van der Waals surface area contributed by atoms with E-state index in [-0.39, 0.29) is 5.91 Å². The number of carbonyl (C=O) groups excluding carboxylic acids is 1. The van der Waals surface area contributed by atoms with Gasteiger partial charge < -0.3 is 11.1 Å². The van der Waals surface area contributed by atoms with Crippen LogP contribution < -0.4 is 11.1 Å². The number of nitrogens with zero attached hydrogens (tertiary/aromatic N) is 3. The van der Waals surface area contributed by atoms with Gasteiger partial charge in [0, 0.05) is 12.2 Å². The van der Waals surface area contributed by atoms with E-state index in [2.05, 4.69) is 5.32 Å². The standard InChI is InChI=1S/C24H19N5O/c25-22-20(24(30)26-15-16-9-3-1-4-10-16)21-23(29(22)17-11-5-2-6-12-17)28-19-14-8-7-13-18(19)27-21/h1-14H,15,25H2,(H,26,30). The maximum atomic E-state index is 13.2. The Bertz CT molecular complexity index is 1360. The number of aromatic nitrogens is 3. The van der Waals surface area contributed by atoms with Gasteiger partial charge in [-0.25, -0.2) is 9.97 Å². The normalized spacial score (nSPS) is 11.1. The number of benzene rings is 3. The number of para-hydroxylation sites is 3. The number of nitrogen functional groups attached to an aromatic ring is 1. The van der Waals surface area contributed by atoms with Gasteiger partial charge in [0.15, 0.2) is 5.65 Å². The van der Waals surface area contributed by atoms with E-state index in [4.69, 9.17) is 15.7 Å². The minimum Gasteiger partial charge on any atom is -0.384 e. The summed E-state index contributed by atoms with van der Waals surface area (Å²) in [5, 5.41) is 2.96. The second-order valence-electron chi connectivity index (χ2n) is 6.98. The molecule has 3 aromatic carbocycles. The molecule has 0 aliphatic carbocycles. The van der Waals surface area contributed by atoms with Gasteiger partial charge in [-0.2, -0.15) is 0 Å². The first-order chi connectivity index (χ1) is 14.7. The van der Waals surface area contributed by atoms with Crippen molar-refractivity contribution >= 4 is 33.9 Å². The van der Waals surface area contributed by atoms with Crippen LogP contribution in [-0.4, -0.2) is 20.4 Å². The van der Waals surface area contributed by atoms with E-state index in [1.807, 2.05) is 84.9 Å². The molecule has 0 saturated carbocycles. The molecule has 5 aromatic rings. The highest BCUT2D eigenvalue weighted by Crippen LogP contribution is 2.30. The Kier molecular flexibility index (Phi) is 4.37. The average Bonchev–Trinajstić information content (AvgIpc) is 3.08. The molecule has 2 heterocycles. The molecule has 5 rings (SSSR count). The van der Waals surface area contributed by atoms with Crippen molar-refractivity contribution in [2.75, 3.05) is 5.73 Å². The Balaban J connectivity index is 1.67. The number of nitrogens with one attached hydrogen (secondary N) is 1. The molecule has 30 heavy (non-hydrogen) atoms. The van der Waals surface area contributed by atoms with E-state index < -0.39 is 0 Å². The molecule has 3 N–H and O–H groups in total. The van der Waals surface area contributed by atoms with Gasteiger partial charge in [-0.05, 0) is 29.8 Å². The number of fused-ring (bicyclic) bond motifs is 2. The van der Waals surface area contributed by atoms with Gasteiger partial charge in [-0.3, -0.25) is 9.36 Å². The van der Waals surface area contributed by atoms with Crippen molar-refractivity contribution in [2.45, 2.75) is 6.54 Å². The fourth-order valence-electron chi connectivity index (χ4n) is 3.59. The van der Waals surface area contributed by atoms with Gasteiger partial charge in [0.25, 0.3) is 5.91 Å². The summed E-state index contributed by atoms with van der Waals surface area (Å²) in [7, 11) is 0. The molecule has 0 spiro atoms. The van der Waals surface area contributed by atoms with Crippen LogP contribution >= 0.6 is 0 Å². The Hall–Kier alpha value is -4.19. The Morgan fingerprint density at radius 3 is 2.13 bits per heavy atom. The average molecular weight is 393 g/mol. The van der Waals surface area contributed by atoms with Crippen molar-refractivity contribution in [1.29, 1.82) is 0 Å². The van der Waals surface area contributed by atoms with Crippen molar-refractivity contribution in [2.24, 2.45) is 0 Å². The second-order valence-corrected chi connectivity index (χ2v) is 6.98. The molecule has 0 fully saturated rings. The van der Waals surface area contributed by atoms with E-state index in [9.17, 15) is 4.79 Å². The van der Waals surface area contributed by atoms with Crippen molar-refractivity contribution in [1.82, 2.24) is 19.9 Å². The lowest BCUT2D eigenvalue weighted by Crippen LogP contribution is -2.23. The summed E-state index contributed by atoms with van der Waals surface area (Å²) in [4.78, 5) is 22.7. The van der Waals surface area contributed by atoms with Crippen LogP contribution in [0.15, 0.2) is 84.9 Å². The predicted molar refractivity (Wildman–Crippen MR) is 118 cm³/mol. The van der Waals surface area contributed by atoms with E-state index in [1.54, 1.807) is 4.57 Å². The SMILES string of the molecule is Nc1c(C(=O)NCc2ccccc2)c2nc3ccccc3nc2n1-c1ccccc1. The van der Waals surface area contributed by atoms with Gasteiger partial charge in [0.1, 0.15) is 16.9 Å². The van der Waals surface area contributed by atoms with Gasteiger partial charge in [-0.15, -0.1) is 0 Å². The number of hydrogen-bond acceptors (Lipinski definition) is 4. The largest absolute Gasteiger partial charge is 0.384 e. The molecule has 0 aliphatic heterocycles. The van der Waals surface area contributed by atoms with Crippen LogP contribution in [0.4, 0.5) is 5.82 Å². The lowest BCUT2D eigenvalue weighted by atomic mass is 10.2. The number of nitrogens with two attached hydrogens (primary N) is 1. The molecule has 0 bridgehead atoms. The quantitative estimate of drug-likeness (QED) is 0.482. The van der Waals surface area contributed by atoms with E-state index in [0.717, 1.165) is 16.8 Å². The van der Waals surface area contributed by atoms with Crippen molar-refractivity contribution in [3.63, 3.8) is 0 Å². The molecule has 6 nitrogen and oxygen atoms in total. The van der Waals surface area contributed by atoms with Gasteiger partial charge in [0.05, 0.1) is 11.0 Å². The maximum Gasteiger partial charge on any atom is 0.257 e. The summed E-state index contributed by atoms with van der Waals surface area (Å²) < 4.78 is 1.78. The number of amides is 1. The maximum absolute atomic E-state index is 13.2. The van der Waals surface area contributed by atoms with Crippen LogP contribution in [-0.2, 0) is 6.54 Å². The smallest absolute Gasteiger partial charge is 0.257 e. The van der Waals surface area contributed by atoms with Crippen LogP contribution in [0.25, 0.3) is 27.9 Å². The third-order valence-electron chi connectivity index (χ3n) is 5.04. The van der Waals surface area contributed by atoms with Crippen LogP contribution in [0.5, 0.6) is 0 Å². The summed E-state index contributed by atoms with van der Waals surface area (Å²) in [5.41, 5.74) is 11.2. The van der Waals surface area contributed by atoms with E-state index in [1.165, 1.54) is 0 Å². The Morgan fingerprint density at radius 1 is 0.833 bits per heavy atom. The monoisotopic (exact) mass is 393 g/mol. The minimum absolute atomic E-state index is 0.277. The van der Waals surface area contributed by atoms with Crippen LogP contribution in [0.1, 0.15) is 15.9 Å². The van der Waals surface area contributed by atoms with Gasteiger partial charge in [0.2, 0.25) is 0 Å². The number of anilines is 1. The number of carbonyl (C=O) groups is 1. The fraction of sp³-hybridized carbons (Fsp3) is 0.0417. The second kappa shape index (κ2) is 7.33. The van der Waals surface area contributed by atoms with Gasteiger partial charge in [-0.1, -0.05) is 60.7 Å². The summed E-state index contributed by atoms with van der Waals surface area (Å²) in [5.74, 6) is 0.0395. The van der Waals surface area contributed by atoms with Crippen molar-refractivity contribution in [3.8, 4) is 5.69 Å². The summed E-state index contributed by atoms with van der Waals surface area (Å²) >= 11 is 0. The number of rotatable bonds is 4. The van der Waals surface area contributed by atoms with E-state index >= 15 is 0 Å². The summed E-state index contributed by atoms with van der Waals surface area (Å²) in [6, 6.07) is 27.0. The first-order valence-electron chi connectivity index (χ1n) is 9.66. The Labute approximate surface area is 173 Å². The molecular weight excluding hydrogens is 374 g/mol. The topological polar surface area (TPSA) is 85.8 Å². The molecule has 6 heteroatoms. The molecule has 2 aromatic heterocycles. The molecule has 0 atom stereocenters. The zero-order valence-electron chi connectivity index (χ0n) is 16.1. The summed E-state index contributed by atoms with van der Waals surface area (Å²) in [6.07, 6.45) is 0. The third kappa shape index (κ3) is 3.04. The highest BCUT2D eigenvalue weighted by Gasteiger charge is 2.24. The molecule has 0 saturated heterocycles. The molecule has 1 amide bonds. The molecule has 0 aliphatic rings. The Morgan fingerprint density at radius 2 is 1.43 bits per heavy atom. The zero-order valence-corrected chi connectivity index (χ0v) is 16.1. The third-order valence-corrected chi connectivity index (χ3v) is 5.04. The zero-order chi connectivity index (χ0) is 20.5. The number of hydrogen-bond donors (Lipinski definition) is 2. The van der Waals surface area contributed by atoms with Crippen LogP contribution in [0.2, 0.25) is 0 Å². The first kappa shape index (κ1) is 17.9. The lowest BCUT2D eigenvalue weighted by Gasteiger charge is -2.08. The van der Waals surface area contributed by atoms with Crippen LogP contribution in [0.3, 0.4) is 0 Å². The molecule has 0 radical (unpaired) electrons. The highest BCUT2D eigenvalue weighted by atomic mass is 16.1. The molecular formula is C24H19N5O. The predicted octanol–water partition coefficient (Wildman–Crippen LogP) is 4.09. The minimum atomic E-state index is -0.277. The lowest BCUT2D eigenvalue weighted by molar-refractivity contribution is 0.0953. The van der Waals surface area contributed by atoms with Crippen LogP contribution in [0, 0.1) is 0 Å². The van der Waals surface area contributed by atoms with E-state index in [0.29, 0.717) is 34.6 Å². The van der Waals surface area contributed by atoms with Crippen molar-refractivity contribution < 1.29 is 4.79 Å². The van der Waals surface area contributed by atoms with Gasteiger partial charge >= 0.3 is 0 Å².